The minimum atomic E-state index is -1.10. The average Bonchev–Trinajstić information content (AvgIpc) is 3.62. The quantitative estimate of drug-likeness (QED) is 0.191. The molecule has 202 valence electrons. The number of imidazole rings is 1. The molecule has 4 heterocycles. The summed E-state index contributed by atoms with van der Waals surface area (Å²) in [6, 6.07) is 15.9. The zero-order chi connectivity index (χ0) is 26.8. The molecule has 0 radical (unpaired) electrons. The van der Waals surface area contributed by atoms with Gasteiger partial charge in [0.15, 0.2) is 11.5 Å². The van der Waals surface area contributed by atoms with Crippen LogP contribution in [0.3, 0.4) is 0 Å². The van der Waals surface area contributed by atoms with Gasteiger partial charge in [-0.1, -0.05) is 25.7 Å². The molecular weight excluding hydrogens is 506 g/mol. The first-order valence-corrected chi connectivity index (χ1v) is 17.2. The Hall–Kier alpha value is -3.73. The topological polar surface area (TPSA) is 81.7 Å². The van der Waals surface area contributed by atoms with E-state index in [9.17, 15) is 0 Å². The third-order valence-electron chi connectivity index (χ3n) is 7.01. The van der Waals surface area contributed by atoms with Gasteiger partial charge in [-0.05, 0) is 48.0 Å². The van der Waals surface area contributed by atoms with E-state index < -0.39 is 8.07 Å². The summed E-state index contributed by atoms with van der Waals surface area (Å²) in [5.41, 5.74) is 6.96. The van der Waals surface area contributed by atoms with Gasteiger partial charge in [-0.15, -0.1) is 0 Å². The largest absolute Gasteiger partial charge is 0.378 e. The standard InChI is InChI=1S/C29H35N7O2Si/c1-39(2,3)17-16-38-21-35-20-23(19-31-35)22-4-9-26-27(18-22)36-11-10-30-29(36)28(33-26)32-24-5-7-25(8-6-24)34-12-14-37-15-13-34/h4-11,18-20H,12-17,21H2,1-3H3,(H,32,33). The summed E-state index contributed by atoms with van der Waals surface area (Å²) in [7, 11) is -1.10. The van der Waals surface area contributed by atoms with Crippen molar-refractivity contribution >= 4 is 41.9 Å². The number of rotatable bonds is 9. The third-order valence-corrected chi connectivity index (χ3v) is 8.72. The van der Waals surface area contributed by atoms with Crippen LogP contribution in [0.5, 0.6) is 0 Å². The van der Waals surface area contributed by atoms with Crippen molar-refractivity contribution in [3.63, 3.8) is 0 Å². The number of nitrogens with one attached hydrogen (secondary N) is 1. The van der Waals surface area contributed by atoms with Crippen molar-refractivity contribution in [1.29, 1.82) is 0 Å². The van der Waals surface area contributed by atoms with Crippen LogP contribution in [0.15, 0.2) is 67.3 Å². The van der Waals surface area contributed by atoms with Crippen molar-refractivity contribution in [3.05, 3.63) is 67.3 Å². The number of fused-ring (bicyclic) bond motifs is 3. The van der Waals surface area contributed by atoms with Gasteiger partial charge >= 0.3 is 0 Å². The molecule has 0 spiro atoms. The van der Waals surface area contributed by atoms with Crippen LogP contribution in [-0.4, -0.2) is 65.1 Å². The molecule has 39 heavy (non-hydrogen) atoms. The molecule has 9 nitrogen and oxygen atoms in total. The Morgan fingerprint density at radius 2 is 1.85 bits per heavy atom. The number of morpholine rings is 1. The van der Waals surface area contributed by atoms with Crippen molar-refractivity contribution in [2.24, 2.45) is 0 Å². The van der Waals surface area contributed by atoms with Crippen molar-refractivity contribution < 1.29 is 9.47 Å². The maximum atomic E-state index is 5.86. The maximum Gasteiger partial charge on any atom is 0.180 e. The highest BCUT2D eigenvalue weighted by atomic mass is 28.3. The van der Waals surface area contributed by atoms with E-state index in [1.165, 1.54) is 5.69 Å². The Bertz CT molecular complexity index is 1570. The second-order valence-corrected chi connectivity index (χ2v) is 16.8. The molecule has 2 aromatic carbocycles. The number of aromatic nitrogens is 5. The van der Waals surface area contributed by atoms with E-state index in [1.54, 1.807) is 0 Å². The molecule has 0 saturated carbocycles. The Balaban J connectivity index is 1.21. The number of hydrogen-bond donors (Lipinski definition) is 1. The second kappa shape index (κ2) is 10.8. The highest BCUT2D eigenvalue weighted by molar-refractivity contribution is 6.76. The fourth-order valence-corrected chi connectivity index (χ4v) is 5.51. The summed E-state index contributed by atoms with van der Waals surface area (Å²) >= 11 is 0. The molecular formula is C29H35N7O2Si. The lowest BCUT2D eigenvalue weighted by Gasteiger charge is -2.28. The number of ether oxygens (including phenoxy) is 2. The molecule has 0 bridgehead atoms. The van der Waals surface area contributed by atoms with Gasteiger partial charge in [-0.2, -0.15) is 5.10 Å². The lowest BCUT2D eigenvalue weighted by Crippen LogP contribution is -2.36. The number of hydrogen-bond acceptors (Lipinski definition) is 7. The molecule has 5 aromatic rings. The predicted molar refractivity (Wildman–Crippen MR) is 159 cm³/mol. The van der Waals surface area contributed by atoms with E-state index >= 15 is 0 Å². The van der Waals surface area contributed by atoms with Crippen LogP contribution in [0.1, 0.15) is 0 Å². The van der Waals surface area contributed by atoms with Crippen LogP contribution in [0.4, 0.5) is 17.2 Å². The van der Waals surface area contributed by atoms with E-state index in [0.717, 1.165) is 78.3 Å². The summed E-state index contributed by atoms with van der Waals surface area (Å²) in [6.45, 7) is 11.7. The Morgan fingerprint density at radius 3 is 2.64 bits per heavy atom. The number of benzene rings is 2. The summed E-state index contributed by atoms with van der Waals surface area (Å²) in [4.78, 5) is 11.9. The summed E-state index contributed by atoms with van der Waals surface area (Å²) in [5, 5.41) is 7.98. The van der Waals surface area contributed by atoms with Crippen LogP contribution in [0.25, 0.3) is 27.8 Å². The molecule has 1 N–H and O–H groups in total. The molecule has 3 aromatic heterocycles. The molecule has 0 atom stereocenters. The minimum absolute atomic E-state index is 0.466. The molecule has 0 unspecified atom stereocenters. The van der Waals surface area contributed by atoms with Crippen LogP contribution in [0.2, 0.25) is 25.7 Å². The van der Waals surface area contributed by atoms with Gasteiger partial charge in [-0.3, -0.25) is 4.40 Å². The number of anilines is 3. The first-order chi connectivity index (χ1) is 18.9. The second-order valence-electron chi connectivity index (χ2n) is 11.2. The van der Waals surface area contributed by atoms with Gasteiger partial charge in [0, 0.05) is 63.3 Å². The van der Waals surface area contributed by atoms with E-state index in [4.69, 9.17) is 14.5 Å². The van der Waals surface area contributed by atoms with Crippen molar-refractivity contribution in [2.75, 3.05) is 43.1 Å². The minimum Gasteiger partial charge on any atom is -0.378 e. The Labute approximate surface area is 229 Å². The monoisotopic (exact) mass is 541 g/mol. The summed E-state index contributed by atoms with van der Waals surface area (Å²) in [6.07, 6.45) is 7.71. The van der Waals surface area contributed by atoms with E-state index in [0.29, 0.717) is 6.73 Å². The highest BCUT2D eigenvalue weighted by Gasteiger charge is 2.15. The summed E-state index contributed by atoms with van der Waals surface area (Å²) in [5.74, 6) is 0.725. The average molecular weight is 542 g/mol. The molecule has 1 aliphatic rings. The van der Waals surface area contributed by atoms with Crippen LogP contribution >= 0.6 is 0 Å². The fraction of sp³-hybridized carbons (Fsp3) is 0.345. The van der Waals surface area contributed by atoms with Crippen molar-refractivity contribution in [2.45, 2.75) is 32.4 Å². The first kappa shape index (κ1) is 25.5. The molecule has 1 saturated heterocycles. The zero-order valence-electron chi connectivity index (χ0n) is 22.8. The first-order valence-electron chi connectivity index (χ1n) is 13.5. The smallest absolute Gasteiger partial charge is 0.180 e. The van der Waals surface area contributed by atoms with Crippen molar-refractivity contribution in [3.8, 4) is 11.1 Å². The van der Waals surface area contributed by atoms with E-state index in [2.05, 4.69) is 86.8 Å². The zero-order valence-corrected chi connectivity index (χ0v) is 23.8. The van der Waals surface area contributed by atoms with Gasteiger partial charge in [0.05, 0.1) is 30.4 Å². The van der Waals surface area contributed by atoms with Crippen LogP contribution in [-0.2, 0) is 16.2 Å². The molecule has 0 amide bonds. The maximum absolute atomic E-state index is 5.86. The lowest BCUT2D eigenvalue weighted by atomic mass is 10.1. The lowest BCUT2D eigenvalue weighted by molar-refractivity contribution is 0.0786. The van der Waals surface area contributed by atoms with E-state index in [1.807, 2.05) is 29.5 Å². The fourth-order valence-electron chi connectivity index (χ4n) is 4.75. The van der Waals surface area contributed by atoms with E-state index in [-0.39, 0.29) is 0 Å². The van der Waals surface area contributed by atoms with Crippen molar-refractivity contribution in [1.82, 2.24) is 24.1 Å². The van der Waals surface area contributed by atoms with Gasteiger partial charge in [0.1, 0.15) is 6.73 Å². The Kier molecular flexibility index (Phi) is 7.07. The van der Waals surface area contributed by atoms with Crippen LogP contribution < -0.4 is 10.2 Å². The Morgan fingerprint density at radius 1 is 1.03 bits per heavy atom. The number of nitrogens with zero attached hydrogens (tertiary/aromatic N) is 6. The molecule has 6 rings (SSSR count). The van der Waals surface area contributed by atoms with Gasteiger partial charge in [-0.25, -0.2) is 14.6 Å². The molecule has 0 aliphatic carbocycles. The predicted octanol–water partition coefficient (Wildman–Crippen LogP) is 5.64. The summed E-state index contributed by atoms with van der Waals surface area (Å²) < 4.78 is 15.3. The van der Waals surface area contributed by atoms with Gasteiger partial charge < -0.3 is 19.7 Å². The third kappa shape index (κ3) is 5.82. The van der Waals surface area contributed by atoms with Gasteiger partial charge in [0.2, 0.25) is 0 Å². The molecule has 1 fully saturated rings. The normalized spacial score (nSPS) is 14.4. The highest BCUT2D eigenvalue weighted by Crippen LogP contribution is 2.28. The van der Waals surface area contributed by atoms with Gasteiger partial charge in [0.25, 0.3) is 0 Å². The molecule has 1 aliphatic heterocycles. The SMILES string of the molecule is C[Si](C)(C)CCOCn1cc(-c2ccc3nc(Nc4ccc(N5CCOCC5)cc4)c4nccn4c3c2)cn1. The van der Waals surface area contributed by atoms with Crippen LogP contribution in [0, 0.1) is 0 Å². The molecule has 10 heteroatoms.